The van der Waals surface area contributed by atoms with Gasteiger partial charge >= 0.3 is 0 Å². The molecule has 1 aromatic rings. The van der Waals surface area contributed by atoms with Gasteiger partial charge in [-0.25, -0.2) is 0 Å². The van der Waals surface area contributed by atoms with Gasteiger partial charge < -0.3 is 20.4 Å². The third-order valence-electron chi connectivity index (χ3n) is 5.00. The number of nitrogens with zero attached hydrogens (tertiary/aromatic N) is 3. The Morgan fingerprint density at radius 2 is 2.12 bits per heavy atom. The highest BCUT2D eigenvalue weighted by Crippen LogP contribution is 2.22. The van der Waals surface area contributed by atoms with Gasteiger partial charge in [0.25, 0.3) is 0 Å². The molecule has 1 atom stereocenters. The van der Waals surface area contributed by atoms with Gasteiger partial charge in [0.15, 0.2) is 5.96 Å². The molecule has 1 unspecified atom stereocenters. The van der Waals surface area contributed by atoms with E-state index in [1.54, 1.807) is 0 Å². The number of hydrogen-bond donors (Lipinski definition) is 2. The maximum Gasteiger partial charge on any atom is 0.191 e. The molecular formula is C19H35N5S. The normalized spacial score (nSPS) is 18.5. The maximum absolute atomic E-state index is 4.36. The largest absolute Gasteiger partial charge is 0.356 e. The standard InChI is InChI=1S/C19H35N5S/c1-16-8-12-24(13-9-16)11-6-10-21-19(20-2)22-15-17(23(3)4)18-7-5-14-25-18/h5,7,14,16-17H,6,8-13,15H2,1-4H3,(H2,20,21,22). The van der Waals surface area contributed by atoms with E-state index < -0.39 is 0 Å². The second kappa shape index (κ2) is 10.8. The molecule has 5 nitrogen and oxygen atoms in total. The zero-order chi connectivity index (χ0) is 18.1. The van der Waals surface area contributed by atoms with Gasteiger partial charge in [0, 0.05) is 25.0 Å². The summed E-state index contributed by atoms with van der Waals surface area (Å²) in [4.78, 5) is 10.6. The molecule has 0 radical (unpaired) electrons. The zero-order valence-electron chi connectivity index (χ0n) is 16.3. The zero-order valence-corrected chi connectivity index (χ0v) is 17.1. The maximum atomic E-state index is 4.36. The molecule has 2 rings (SSSR count). The summed E-state index contributed by atoms with van der Waals surface area (Å²) in [6.45, 7) is 7.91. The van der Waals surface area contributed by atoms with Crippen molar-refractivity contribution in [2.75, 3.05) is 53.9 Å². The van der Waals surface area contributed by atoms with Gasteiger partial charge in [0.05, 0.1) is 6.04 Å². The number of guanidine groups is 1. The number of piperidine rings is 1. The number of aliphatic imine (C=N–C) groups is 1. The van der Waals surface area contributed by atoms with Crippen molar-refractivity contribution in [1.29, 1.82) is 0 Å². The number of likely N-dealkylation sites (tertiary alicyclic amines) is 1. The fourth-order valence-electron chi connectivity index (χ4n) is 3.23. The lowest BCUT2D eigenvalue weighted by molar-refractivity contribution is 0.191. The van der Waals surface area contributed by atoms with Crippen LogP contribution in [-0.2, 0) is 0 Å². The molecule has 1 saturated heterocycles. The van der Waals surface area contributed by atoms with Crippen LogP contribution < -0.4 is 10.6 Å². The van der Waals surface area contributed by atoms with Crippen molar-refractivity contribution in [3.8, 4) is 0 Å². The number of likely N-dealkylation sites (N-methyl/N-ethyl adjacent to an activating group) is 1. The second-order valence-electron chi connectivity index (χ2n) is 7.25. The molecule has 1 fully saturated rings. The smallest absolute Gasteiger partial charge is 0.191 e. The molecule has 0 aliphatic carbocycles. The molecule has 0 spiro atoms. The molecule has 2 heterocycles. The molecule has 0 bridgehead atoms. The topological polar surface area (TPSA) is 42.9 Å². The average molecular weight is 366 g/mol. The van der Waals surface area contributed by atoms with E-state index in [1.807, 2.05) is 18.4 Å². The highest BCUT2D eigenvalue weighted by Gasteiger charge is 2.16. The van der Waals surface area contributed by atoms with E-state index in [9.17, 15) is 0 Å². The number of thiophene rings is 1. The Kier molecular flexibility index (Phi) is 8.72. The van der Waals surface area contributed by atoms with Gasteiger partial charge in [-0.2, -0.15) is 0 Å². The van der Waals surface area contributed by atoms with Crippen LogP contribution in [-0.4, -0.2) is 69.6 Å². The van der Waals surface area contributed by atoms with Crippen LogP contribution in [0.4, 0.5) is 0 Å². The first-order valence-corrected chi connectivity index (χ1v) is 10.3. The van der Waals surface area contributed by atoms with Crippen LogP contribution >= 0.6 is 11.3 Å². The summed E-state index contributed by atoms with van der Waals surface area (Å²) in [5.41, 5.74) is 0. The van der Waals surface area contributed by atoms with Gasteiger partial charge in [-0.3, -0.25) is 4.99 Å². The van der Waals surface area contributed by atoms with E-state index in [1.165, 1.54) is 37.4 Å². The molecule has 0 saturated carbocycles. The minimum Gasteiger partial charge on any atom is -0.356 e. The van der Waals surface area contributed by atoms with Crippen LogP contribution in [0, 0.1) is 5.92 Å². The molecule has 2 N–H and O–H groups in total. The van der Waals surface area contributed by atoms with E-state index in [0.717, 1.165) is 31.4 Å². The van der Waals surface area contributed by atoms with Gasteiger partial charge in [0.1, 0.15) is 0 Å². The van der Waals surface area contributed by atoms with Crippen LogP contribution in [0.1, 0.15) is 37.1 Å². The molecule has 0 aromatic carbocycles. The summed E-state index contributed by atoms with van der Waals surface area (Å²) < 4.78 is 0. The third kappa shape index (κ3) is 6.96. The molecule has 6 heteroatoms. The van der Waals surface area contributed by atoms with Gasteiger partial charge in [-0.05, 0) is 70.4 Å². The Morgan fingerprint density at radius 1 is 1.36 bits per heavy atom. The van der Waals surface area contributed by atoms with Crippen molar-refractivity contribution in [2.24, 2.45) is 10.9 Å². The van der Waals surface area contributed by atoms with E-state index in [4.69, 9.17) is 0 Å². The fraction of sp³-hybridized carbons (Fsp3) is 0.737. The molecule has 25 heavy (non-hydrogen) atoms. The van der Waals surface area contributed by atoms with Crippen molar-refractivity contribution in [3.05, 3.63) is 22.4 Å². The lowest BCUT2D eigenvalue weighted by Crippen LogP contribution is -2.42. The molecular weight excluding hydrogens is 330 g/mol. The van der Waals surface area contributed by atoms with Crippen LogP contribution in [0.25, 0.3) is 0 Å². The summed E-state index contributed by atoms with van der Waals surface area (Å²) in [5.74, 6) is 1.81. The van der Waals surface area contributed by atoms with Gasteiger partial charge in [-0.1, -0.05) is 13.0 Å². The number of nitrogens with one attached hydrogen (secondary N) is 2. The van der Waals surface area contributed by atoms with Crippen LogP contribution in [0.5, 0.6) is 0 Å². The molecule has 1 aromatic heterocycles. The SMILES string of the molecule is CN=C(NCCCN1CCC(C)CC1)NCC(c1cccs1)N(C)C. The summed E-state index contributed by atoms with van der Waals surface area (Å²) >= 11 is 1.81. The van der Waals surface area contributed by atoms with Gasteiger partial charge in [-0.15, -0.1) is 11.3 Å². The summed E-state index contributed by atoms with van der Waals surface area (Å²) in [6, 6.07) is 4.69. The first kappa shape index (κ1) is 20.2. The number of rotatable bonds is 8. The second-order valence-corrected chi connectivity index (χ2v) is 8.23. The Labute approximate surface area is 157 Å². The van der Waals surface area contributed by atoms with Crippen molar-refractivity contribution in [1.82, 2.24) is 20.4 Å². The van der Waals surface area contributed by atoms with E-state index in [0.29, 0.717) is 6.04 Å². The molecule has 0 amide bonds. The minimum atomic E-state index is 0.369. The van der Waals surface area contributed by atoms with Crippen molar-refractivity contribution in [3.63, 3.8) is 0 Å². The monoisotopic (exact) mass is 365 g/mol. The highest BCUT2D eigenvalue weighted by molar-refractivity contribution is 7.10. The van der Waals surface area contributed by atoms with Crippen molar-refractivity contribution < 1.29 is 0 Å². The number of hydrogen-bond acceptors (Lipinski definition) is 4. The lowest BCUT2D eigenvalue weighted by Gasteiger charge is -2.30. The first-order valence-electron chi connectivity index (χ1n) is 9.47. The average Bonchev–Trinajstić information content (AvgIpc) is 3.12. The van der Waals surface area contributed by atoms with Gasteiger partial charge in [0.2, 0.25) is 0 Å². The van der Waals surface area contributed by atoms with Crippen LogP contribution in [0.3, 0.4) is 0 Å². The van der Waals surface area contributed by atoms with E-state index in [2.05, 4.69) is 64.0 Å². The lowest BCUT2D eigenvalue weighted by atomic mass is 9.99. The molecule has 1 aliphatic heterocycles. The Bertz CT molecular complexity index is 492. The van der Waals surface area contributed by atoms with E-state index >= 15 is 0 Å². The summed E-state index contributed by atoms with van der Waals surface area (Å²) in [5, 5.41) is 9.07. The first-order chi connectivity index (χ1) is 12.1. The minimum absolute atomic E-state index is 0.369. The highest BCUT2D eigenvalue weighted by atomic mass is 32.1. The van der Waals surface area contributed by atoms with Crippen molar-refractivity contribution >= 4 is 17.3 Å². The predicted molar refractivity (Wildman–Crippen MR) is 110 cm³/mol. The van der Waals surface area contributed by atoms with Crippen LogP contribution in [0.2, 0.25) is 0 Å². The fourth-order valence-corrected chi connectivity index (χ4v) is 4.15. The predicted octanol–water partition coefficient (Wildman–Crippen LogP) is 2.64. The molecule has 142 valence electrons. The Morgan fingerprint density at radius 3 is 2.72 bits per heavy atom. The molecule has 1 aliphatic rings. The van der Waals surface area contributed by atoms with Crippen LogP contribution in [0.15, 0.2) is 22.5 Å². The quantitative estimate of drug-likeness (QED) is 0.422. The summed E-state index contributed by atoms with van der Waals surface area (Å²) in [6.07, 6.45) is 3.87. The summed E-state index contributed by atoms with van der Waals surface area (Å²) in [7, 11) is 6.10. The Hall–Kier alpha value is -1.11. The third-order valence-corrected chi connectivity index (χ3v) is 5.97. The Balaban J connectivity index is 1.66. The van der Waals surface area contributed by atoms with Crippen molar-refractivity contribution in [2.45, 2.75) is 32.2 Å². The van der Waals surface area contributed by atoms with E-state index in [-0.39, 0.29) is 0 Å².